The zero-order valence-corrected chi connectivity index (χ0v) is 14.4. The van der Waals surface area contributed by atoms with Crippen molar-refractivity contribution in [1.82, 2.24) is 5.43 Å². The third kappa shape index (κ3) is 5.13. The molecule has 0 spiro atoms. The Morgan fingerprint density at radius 3 is 2.57 bits per heavy atom. The second-order valence-corrected chi connectivity index (χ2v) is 5.88. The molecule has 0 radical (unpaired) electrons. The summed E-state index contributed by atoms with van der Waals surface area (Å²) in [5, 5.41) is 5.32. The number of aryl methyl sites for hydroxylation is 1. The van der Waals surface area contributed by atoms with Gasteiger partial charge in [0.2, 0.25) is 0 Å². The first-order valence-electron chi connectivity index (χ1n) is 6.62. The highest BCUT2D eigenvalue weighted by molar-refractivity contribution is 6.38. The Bertz CT molecular complexity index is 728. The second-order valence-electron chi connectivity index (χ2n) is 4.63. The average molecular weight is 372 g/mol. The van der Waals surface area contributed by atoms with E-state index in [9.17, 15) is 4.79 Å². The van der Waals surface area contributed by atoms with Crippen LogP contribution >= 0.6 is 34.8 Å². The lowest BCUT2D eigenvalue weighted by Crippen LogP contribution is -2.24. The standard InChI is InChI=1S/C16H13Cl3N2O2/c1-10-7-11(17)5-6-15(10)23-9-16(22)21-20-8-12-13(18)3-2-4-14(12)19/h2-8H,9H2,1H3,(H,21,22)/b20-8-. The number of benzene rings is 2. The third-order valence-electron chi connectivity index (χ3n) is 2.88. The van der Waals surface area contributed by atoms with E-state index in [1.54, 1.807) is 36.4 Å². The van der Waals surface area contributed by atoms with Crippen LogP contribution in [-0.4, -0.2) is 18.7 Å². The Morgan fingerprint density at radius 2 is 1.91 bits per heavy atom. The lowest BCUT2D eigenvalue weighted by molar-refractivity contribution is -0.123. The van der Waals surface area contributed by atoms with Gasteiger partial charge in [0, 0.05) is 10.6 Å². The van der Waals surface area contributed by atoms with E-state index < -0.39 is 5.91 Å². The van der Waals surface area contributed by atoms with Gasteiger partial charge in [-0.25, -0.2) is 5.43 Å². The van der Waals surface area contributed by atoms with E-state index in [4.69, 9.17) is 39.5 Å². The van der Waals surface area contributed by atoms with Crippen LogP contribution in [0, 0.1) is 6.92 Å². The molecule has 23 heavy (non-hydrogen) atoms. The Balaban J connectivity index is 1.89. The molecular weight excluding hydrogens is 359 g/mol. The van der Waals surface area contributed by atoms with Gasteiger partial charge in [-0.15, -0.1) is 0 Å². The highest BCUT2D eigenvalue weighted by Crippen LogP contribution is 2.22. The maximum atomic E-state index is 11.7. The Morgan fingerprint density at radius 1 is 1.22 bits per heavy atom. The predicted molar refractivity (Wildman–Crippen MR) is 93.9 cm³/mol. The lowest BCUT2D eigenvalue weighted by atomic mass is 10.2. The van der Waals surface area contributed by atoms with Crippen molar-refractivity contribution in [2.24, 2.45) is 5.10 Å². The van der Waals surface area contributed by atoms with Gasteiger partial charge >= 0.3 is 0 Å². The largest absolute Gasteiger partial charge is 0.483 e. The minimum Gasteiger partial charge on any atom is -0.483 e. The summed E-state index contributed by atoms with van der Waals surface area (Å²) in [7, 11) is 0. The van der Waals surface area contributed by atoms with Gasteiger partial charge in [-0.2, -0.15) is 5.10 Å². The van der Waals surface area contributed by atoms with Crippen molar-refractivity contribution in [3.05, 3.63) is 62.6 Å². The Kier molecular flexibility index (Phi) is 6.28. The molecular formula is C16H13Cl3N2O2. The molecule has 120 valence electrons. The molecule has 1 amide bonds. The van der Waals surface area contributed by atoms with E-state index in [1.165, 1.54) is 6.21 Å². The van der Waals surface area contributed by atoms with Gasteiger partial charge in [-0.05, 0) is 42.8 Å². The van der Waals surface area contributed by atoms with Crippen LogP contribution in [0.2, 0.25) is 15.1 Å². The fourth-order valence-corrected chi connectivity index (χ4v) is 2.47. The zero-order valence-electron chi connectivity index (χ0n) is 12.1. The monoisotopic (exact) mass is 370 g/mol. The number of ether oxygens (including phenoxy) is 1. The van der Waals surface area contributed by atoms with E-state index in [0.29, 0.717) is 26.4 Å². The van der Waals surface area contributed by atoms with E-state index in [1.807, 2.05) is 6.92 Å². The molecule has 0 aliphatic heterocycles. The molecule has 0 fully saturated rings. The van der Waals surface area contributed by atoms with Crippen molar-refractivity contribution in [2.45, 2.75) is 6.92 Å². The van der Waals surface area contributed by atoms with Crippen LogP contribution in [0.4, 0.5) is 0 Å². The van der Waals surface area contributed by atoms with Crippen molar-refractivity contribution >= 4 is 46.9 Å². The summed E-state index contributed by atoms with van der Waals surface area (Å²) < 4.78 is 5.41. The molecule has 0 bridgehead atoms. The molecule has 7 heteroatoms. The summed E-state index contributed by atoms with van der Waals surface area (Å²) in [6.07, 6.45) is 1.39. The maximum absolute atomic E-state index is 11.7. The predicted octanol–water partition coefficient (Wildman–Crippen LogP) is 4.48. The highest BCUT2D eigenvalue weighted by atomic mass is 35.5. The van der Waals surface area contributed by atoms with E-state index in [-0.39, 0.29) is 6.61 Å². The molecule has 0 unspecified atom stereocenters. The van der Waals surface area contributed by atoms with Crippen molar-refractivity contribution in [1.29, 1.82) is 0 Å². The fraction of sp³-hybridized carbons (Fsp3) is 0.125. The molecule has 0 aliphatic carbocycles. The number of hydrogen-bond acceptors (Lipinski definition) is 3. The zero-order chi connectivity index (χ0) is 16.8. The maximum Gasteiger partial charge on any atom is 0.277 e. The summed E-state index contributed by atoms with van der Waals surface area (Å²) >= 11 is 17.8. The summed E-state index contributed by atoms with van der Waals surface area (Å²) in [4.78, 5) is 11.7. The molecule has 0 aromatic heterocycles. The van der Waals surface area contributed by atoms with Crippen LogP contribution in [-0.2, 0) is 4.79 Å². The first kappa shape index (κ1) is 17.6. The van der Waals surface area contributed by atoms with Gasteiger partial charge in [-0.3, -0.25) is 4.79 Å². The third-order valence-corrected chi connectivity index (χ3v) is 3.77. The van der Waals surface area contributed by atoms with Gasteiger partial charge in [0.05, 0.1) is 16.3 Å². The van der Waals surface area contributed by atoms with E-state index in [0.717, 1.165) is 5.56 Å². The number of rotatable bonds is 5. The van der Waals surface area contributed by atoms with Gasteiger partial charge in [0.25, 0.3) is 5.91 Å². The molecule has 0 saturated carbocycles. The number of carbonyl (C=O) groups is 1. The number of nitrogens with zero attached hydrogens (tertiary/aromatic N) is 1. The van der Waals surface area contributed by atoms with Crippen LogP contribution in [0.25, 0.3) is 0 Å². The van der Waals surface area contributed by atoms with Crippen LogP contribution in [0.1, 0.15) is 11.1 Å². The van der Waals surface area contributed by atoms with Crippen molar-refractivity contribution in [2.75, 3.05) is 6.61 Å². The molecule has 2 aromatic rings. The van der Waals surface area contributed by atoms with Crippen molar-refractivity contribution in [3.8, 4) is 5.75 Å². The molecule has 0 atom stereocenters. The molecule has 0 heterocycles. The number of hydrogen-bond donors (Lipinski definition) is 1. The number of carbonyl (C=O) groups excluding carboxylic acids is 1. The van der Waals surface area contributed by atoms with Crippen LogP contribution in [0.3, 0.4) is 0 Å². The molecule has 2 aromatic carbocycles. The van der Waals surface area contributed by atoms with Crippen LogP contribution in [0.15, 0.2) is 41.5 Å². The minimum atomic E-state index is -0.404. The fourth-order valence-electron chi connectivity index (χ4n) is 1.75. The second kappa shape index (κ2) is 8.20. The first-order chi connectivity index (χ1) is 11.0. The molecule has 1 N–H and O–H groups in total. The van der Waals surface area contributed by atoms with Crippen LogP contribution in [0.5, 0.6) is 5.75 Å². The normalized spacial score (nSPS) is 10.8. The Labute approximate surface area is 149 Å². The van der Waals surface area contributed by atoms with Crippen molar-refractivity contribution in [3.63, 3.8) is 0 Å². The summed E-state index contributed by atoms with van der Waals surface area (Å²) in [6, 6.07) is 10.2. The van der Waals surface area contributed by atoms with Gasteiger partial charge in [0.15, 0.2) is 6.61 Å². The number of amides is 1. The van der Waals surface area contributed by atoms with Gasteiger partial charge in [0.1, 0.15) is 5.75 Å². The van der Waals surface area contributed by atoms with Crippen molar-refractivity contribution < 1.29 is 9.53 Å². The summed E-state index contributed by atoms with van der Waals surface area (Å²) in [5.41, 5.74) is 3.73. The first-order valence-corrected chi connectivity index (χ1v) is 7.75. The van der Waals surface area contributed by atoms with Gasteiger partial charge < -0.3 is 4.74 Å². The Hall–Kier alpha value is -1.75. The topological polar surface area (TPSA) is 50.7 Å². The lowest BCUT2D eigenvalue weighted by Gasteiger charge is -2.08. The minimum absolute atomic E-state index is 0.171. The number of hydrazone groups is 1. The van der Waals surface area contributed by atoms with Crippen LogP contribution < -0.4 is 10.2 Å². The summed E-state index contributed by atoms with van der Waals surface area (Å²) in [5.74, 6) is 0.182. The number of halogens is 3. The average Bonchev–Trinajstić information content (AvgIpc) is 2.49. The quantitative estimate of drug-likeness (QED) is 0.622. The molecule has 4 nitrogen and oxygen atoms in total. The SMILES string of the molecule is Cc1cc(Cl)ccc1OCC(=O)N/N=C\c1c(Cl)cccc1Cl. The smallest absolute Gasteiger partial charge is 0.277 e. The highest BCUT2D eigenvalue weighted by Gasteiger charge is 2.05. The number of nitrogens with one attached hydrogen (secondary N) is 1. The molecule has 2 rings (SSSR count). The van der Waals surface area contributed by atoms with E-state index >= 15 is 0 Å². The van der Waals surface area contributed by atoms with E-state index in [2.05, 4.69) is 10.5 Å². The molecule has 0 aliphatic rings. The summed E-state index contributed by atoms with van der Waals surface area (Å²) in [6.45, 7) is 1.67. The molecule has 0 saturated heterocycles. The van der Waals surface area contributed by atoms with Gasteiger partial charge in [-0.1, -0.05) is 40.9 Å².